The molecule has 28 heavy (non-hydrogen) atoms. The molecule has 12 heteroatoms. The number of hydrogen-bond acceptors (Lipinski definition) is 4. The molecule has 5 aliphatic rings. The molecule has 0 atom stereocenters. The Labute approximate surface area is 234 Å². The molecule has 5 aliphatic heterocycles. The average molecular weight is 964 g/mol. The van der Waals surface area contributed by atoms with Crippen LogP contribution in [0.4, 0.5) is 0 Å². The predicted molar refractivity (Wildman–Crippen MR) is 142 cm³/mol. The van der Waals surface area contributed by atoms with Crippen molar-refractivity contribution in [1.82, 2.24) is 0 Å². The van der Waals surface area contributed by atoms with Crippen LogP contribution in [0.2, 0.25) is 0 Å². The van der Waals surface area contributed by atoms with E-state index in [0.717, 1.165) is 0 Å². The summed E-state index contributed by atoms with van der Waals surface area (Å²) in [5.74, 6) is 5.26. The van der Waals surface area contributed by atoms with E-state index < -0.39 is 0 Å². The fourth-order valence-electron chi connectivity index (χ4n) is 2.15. The van der Waals surface area contributed by atoms with Crippen LogP contribution in [0.15, 0.2) is 48.6 Å². The van der Waals surface area contributed by atoms with Crippen LogP contribution < -0.4 is 0 Å². The molecule has 0 aliphatic carbocycles. The van der Waals surface area contributed by atoms with Crippen molar-refractivity contribution in [3.63, 3.8) is 0 Å². The van der Waals surface area contributed by atoms with Crippen molar-refractivity contribution in [2.75, 3.05) is 23.0 Å². The zero-order valence-electron chi connectivity index (χ0n) is 14.0. The third kappa shape index (κ3) is 6.56. The maximum atomic E-state index is 2.63. The molecular formula is C16H12S4Se8. The van der Waals surface area contributed by atoms with E-state index in [4.69, 9.17) is 0 Å². The predicted octanol–water partition coefficient (Wildman–Crippen LogP) is 2.07. The van der Waals surface area contributed by atoms with Crippen molar-refractivity contribution in [3.8, 4) is 0 Å². The Hall–Kier alpha value is 4.00. The molecule has 0 radical (unpaired) electrons. The standard InChI is InChI=1S/C16H12S4Se8/c1-2-18-10-6-22-15(26-10)16-24-8-12(28-16)20-4-3-19-11-7-23-14(27-11)13-21-5-9(17-1)25-13/h5-8H,1-4H2/b14-13+,16-15?. The summed E-state index contributed by atoms with van der Waals surface area (Å²) in [6, 6.07) is 0. The van der Waals surface area contributed by atoms with Gasteiger partial charge in [-0.1, -0.05) is 0 Å². The first-order valence-corrected chi connectivity index (χ1v) is 26.2. The summed E-state index contributed by atoms with van der Waals surface area (Å²) < 4.78 is 14.7. The van der Waals surface area contributed by atoms with Crippen molar-refractivity contribution in [2.45, 2.75) is 0 Å². The first-order valence-electron chi connectivity index (χ1n) is 8.02. The van der Waals surface area contributed by atoms with Crippen LogP contribution in [0.3, 0.4) is 0 Å². The second-order valence-electron chi connectivity index (χ2n) is 5.17. The monoisotopic (exact) mass is 971 g/mol. The first-order chi connectivity index (χ1) is 13.8. The van der Waals surface area contributed by atoms with Gasteiger partial charge in [-0.25, -0.2) is 0 Å². The third-order valence-electron chi connectivity index (χ3n) is 3.30. The van der Waals surface area contributed by atoms with Gasteiger partial charge in [0.15, 0.2) is 0 Å². The van der Waals surface area contributed by atoms with E-state index in [0.29, 0.717) is 120 Å². The Kier molecular flexibility index (Phi) is 10.3. The fourth-order valence-corrected chi connectivity index (χ4v) is 41.0. The van der Waals surface area contributed by atoms with Crippen LogP contribution >= 0.6 is 47.0 Å². The Morgan fingerprint density at radius 1 is 0.429 bits per heavy atom. The van der Waals surface area contributed by atoms with Crippen molar-refractivity contribution >= 4 is 167 Å². The molecule has 148 valence electrons. The summed E-state index contributed by atoms with van der Waals surface area (Å²) in [5.41, 5.74) is 0. The molecule has 0 nitrogen and oxygen atoms in total. The van der Waals surface area contributed by atoms with E-state index in [-0.39, 0.29) is 0 Å². The van der Waals surface area contributed by atoms with E-state index in [1.165, 1.54) is 23.0 Å². The number of hydrogen-bond donors (Lipinski definition) is 0. The summed E-state index contributed by atoms with van der Waals surface area (Å²) in [5, 5.41) is 0. The molecule has 8 bridgehead atoms. The van der Waals surface area contributed by atoms with Gasteiger partial charge in [-0.05, 0) is 0 Å². The van der Waals surface area contributed by atoms with E-state index in [9.17, 15) is 0 Å². The van der Waals surface area contributed by atoms with Gasteiger partial charge in [0, 0.05) is 0 Å². The minimum absolute atomic E-state index is 0.686. The van der Waals surface area contributed by atoms with Gasteiger partial charge in [0.2, 0.25) is 0 Å². The fraction of sp³-hybridized carbons (Fsp3) is 0.250. The van der Waals surface area contributed by atoms with Crippen molar-refractivity contribution in [1.29, 1.82) is 0 Å². The summed E-state index contributed by atoms with van der Waals surface area (Å²) in [7, 11) is 0. The molecule has 0 N–H and O–H groups in total. The minimum atomic E-state index is 0.686. The van der Waals surface area contributed by atoms with Gasteiger partial charge < -0.3 is 0 Å². The zero-order valence-corrected chi connectivity index (χ0v) is 31.0. The van der Waals surface area contributed by atoms with Crippen molar-refractivity contribution < 1.29 is 0 Å². The van der Waals surface area contributed by atoms with Gasteiger partial charge in [-0.15, -0.1) is 0 Å². The van der Waals surface area contributed by atoms with Gasteiger partial charge in [0.25, 0.3) is 0 Å². The number of thioether (sulfide) groups is 4. The average Bonchev–Trinajstić information content (AvgIpc) is 3.48. The van der Waals surface area contributed by atoms with Gasteiger partial charge >= 0.3 is 238 Å². The zero-order chi connectivity index (χ0) is 18.8. The molecule has 0 saturated heterocycles. The van der Waals surface area contributed by atoms with E-state index >= 15 is 0 Å². The summed E-state index contributed by atoms with van der Waals surface area (Å²) >= 11 is 14.2. The molecule has 0 spiro atoms. The second kappa shape index (κ2) is 12.1. The van der Waals surface area contributed by atoms with Crippen LogP contribution in [0, 0.1) is 0 Å². The molecule has 0 aromatic heterocycles. The Balaban J connectivity index is 1.25. The molecule has 0 saturated carbocycles. The quantitative estimate of drug-likeness (QED) is 0.342. The molecule has 0 aromatic carbocycles. The van der Waals surface area contributed by atoms with Crippen molar-refractivity contribution in [2.24, 2.45) is 0 Å². The number of rotatable bonds is 0. The van der Waals surface area contributed by atoms with E-state index in [1.54, 1.807) is 15.2 Å². The summed E-state index contributed by atoms with van der Waals surface area (Å²) in [6.07, 6.45) is 0. The van der Waals surface area contributed by atoms with Crippen LogP contribution in [0.1, 0.15) is 0 Å². The molecule has 0 amide bonds. The Morgan fingerprint density at radius 2 is 0.679 bits per heavy atom. The Bertz CT molecular complexity index is 719. The van der Waals surface area contributed by atoms with Crippen LogP contribution in [-0.4, -0.2) is 143 Å². The van der Waals surface area contributed by atoms with Gasteiger partial charge in [0.1, 0.15) is 0 Å². The molecule has 0 aromatic rings. The third-order valence-corrected chi connectivity index (χ3v) is 41.6. The molecule has 5 rings (SSSR count). The molecule has 0 fully saturated rings. The topological polar surface area (TPSA) is 0 Å². The molecule has 0 unspecified atom stereocenters. The van der Waals surface area contributed by atoms with Gasteiger partial charge in [-0.3, -0.25) is 0 Å². The van der Waals surface area contributed by atoms with Crippen LogP contribution in [-0.2, 0) is 0 Å². The van der Waals surface area contributed by atoms with Crippen LogP contribution in [0.5, 0.6) is 0 Å². The van der Waals surface area contributed by atoms with E-state index in [1.807, 2.05) is 13.5 Å². The Morgan fingerprint density at radius 3 is 0.929 bits per heavy atom. The van der Waals surface area contributed by atoms with Crippen LogP contribution in [0.25, 0.3) is 0 Å². The molecular weight excluding hydrogens is 952 g/mol. The second-order valence-corrected chi connectivity index (χ2v) is 33.5. The number of fused-ring (bicyclic) bond motifs is 8. The van der Waals surface area contributed by atoms with Crippen molar-refractivity contribution in [3.05, 3.63) is 48.6 Å². The normalized spacial score (nSPS) is 28.9. The van der Waals surface area contributed by atoms with E-state index in [2.05, 4.69) is 66.9 Å². The first kappa shape index (κ1) is 23.7. The maximum absolute atomic E-state index is 2.63. The SMILES string of the molecule is C1=C2SCCSC3=C[Se]/C(=C4/[Se]C=C(SCCSC5=C[Se]C(=C([Se]1)[Se]2)[Se]5)[Se]4)[Se]3. The molecule has 5 heterocycles. The van der Waals surface area contributed by atoms with Gasteiger partial charge in [0.05, 0.1) is 0 Å². The summed E-state index contributed by atoms with van der Waals surface area (Å²) in [4.78, 5) is 10.5. The summed E-state index contributed by atoms with van der Waals surface area (Å²) in [6.45, 7) is 0. The van der Waals surface area contributed by atoms with Gasteiger partial charge in [-0.2, -0.15) is 0 Å².